The minimum Gasteiger partial charge on any atom is -0.352 e. The summed E-state index contributed by atoms with van der Waals surface area (Å²) in [6, 6.07) is 8.77. The topological polar surface area (TPSA) is 94.2 Å². The molecule has 1 aromatic carbocycles. The summed E-state index contributed by atoms with van der Waals surface area (Å²) in [7, 11) is 0. The number of amides is 1. The second-order valence-electron chi connectivity index (χ2n) is 9.36. The summed E-state index contributed by atoms with van der Waals surface area (Å²) < 4.78 is 40.5. The van der Waals surface area contributed by atoms with Crippen LogP contribution in [0.4, 0.5) is 13.2 Å². The highest BCUT2D eigenvalue weighted by molar-refractivity contribution is 5.82. The van der Waals surface area contributed by atoms with Gasteiger partial charge in [-0.3, -0.25) is 14.3 Å². The largest absolute Gasteiger partial charge is 0.389 e. The number of nitrogens with one attached hydrogen (secondary N) is 1. The number of Topliss-reactive ketones (excluding diaryl/α,β-unsaturated/α-hetero) is 1. The summed E-state index contributed by atoms with van der Waals surface area (Å²) in [5.74, 6) is -0.525. The van der Waals surface area contributed by atoms with Gasteiger partial charge in [0.05, 0.1) is 30.7 Å². The Morgan fingerprint density at radius 2 is 1.86 bits per heavy atom. The van der Waals surface area contributed by atoms with Crippen LogP contribution in [0.5, 0.6) is 0 Å². The van der Waals surface area contributed by atoms with Crippen LogP contribution in [0.3, 0.4) is 0 Å². The first-order chi connectivity index (χ1) is 17.7. The molecule has 1 unspecified atom stereocenters. The number of carbonyl (C=O) groups is 2. The molecule has 0 spiro atoms. The third-order valence-electron chi connectivity index (χ3n) is 6.31. The van der Waals surface area contributed by atoms with Crippen molar-refractivity contribution in [2.45, 2.75) is 57.3 Å². The van der Waals surface area contributed by atoms with Crippen molar-refractivity contribution in [3.05, 3.63) is 60.7 Å². The zero-order valence-electron chi connectivity index (χ0n) is 20.1. The van der Waals surface area contributed by atoms with Crippen molar-refractivity contribution in [3.8, 4) is 22.4 Å². The van der Waals surface area contributed by atoms with Crippen LogP contribution in [0.15, 0.2) is 55.1 Å². The van der Waals surface area contributed by atoms with E-state index in [2.05, 4.69) is 20.5 Å². The third kappa shape index (κ3) is 5.87. The number of ketones is 1. The minimum atomic E-state index is -4.35. The number of hydrogen-bond acceptors (Lipinski definition) is 5. The molecule has 3 aromatic heterocycles. The van der Waals surface area contributed by atoms with Crippen LogP contribution in [0, 0.1) is 0 Å². The molecule has 0 aliphatic heterocycles. The lowest BCUT2D eigenvalue weighted by Gasteiger charge is -2.11. The Morgan fingerprint density at radius 1 is 1.08 bits per heavy atom. The number of halogens is 3. The molecular weight excluding hydrogens is 485 g/mol. The van der Waals surface area contributed by atoms with E-state index in [-0.39, 0.29) is 18.4 Å². The quantitative estimate of drug-likeness (QED) is 0.357. The molecule has 8 nitrogen and oxygen atoms in total. The van der Waals surface area contributed by atoms with Gasteiger partial charge in [-0.2, -0.15) is 23.4 Å². The second kappa shape index (κ2) is 9.79. The number of aromatic nitrogens is 5. The lowest BCUT2D eigenvalue weighted by molar-refractivity contribution is -0.143. The molecule has 192 valence electrons. The molecule has 37 heavy (non-hydrogen) atoms. The van der Waals surface area contributed by atoms with Gasteiger partial charge in [0.25, 0.3) is 0 Å². The van der Waals surface area contributed by atoms with Gasteiger partial charge in [0.1, 0.15) is 11.8 Å². The summed E-state index contributed by atoms with van der Waals surface area (Å²) in [4.78, 5) is 28.8. The SMILES string of the molecule is CC(C(=O)NC1CC1)n1cc(-c2cnn3c(-c4cccc(CC(=O)CCC(F)(F)F)c4)cnc3c2)cn1. The van der Waals surface area contributed by atoms with Crippen molar-refractivity contribution in [2.75, 3.05) is 0 Å². The van der Waals surface area contributed by atoms with E-state index in [0.717, 1.165) is 29.5 Å². The fourth-order valence-electron chi connectivity index (χ4n) is 4.04. The van der Waals surface area contributed by atoms with Gasteiger partial charge in [-0.1, -0.05) is 18.2 Å². The molecule has 5 rings (SSSR count). The Morgan fingerprint density at radius 3 is 2.62 bits per heavy atom. The summed E-state index contributed by atoms with van der Waals surface area (Å²) in [5.41, 5.74) is 4.24. The molecule has 1 aliphatic carbocycles. The number of carbonyl (C=O) groups excluding carboxylic acids is 2. The van der Waals surface area contributed by atoms with Crippen molar-refractivity contribution < 1.29 is 22.8 Å². The molecule has 1 saturated carbocycles. The van der Waals surface area contributed by atoms with Crippen LogP contribution in [0.1, 0.15) is 44.2 Å². The van der Waals surface area contributed by atoms with Gasteiger partial charge < -0.3 is 5.32 Å². The van der Waals surface area contributed by atoms with E-state index < -0.39 is 30.8 Å². The standard InChI is InChI=1S/C26H25F3N6O2/c1-16(25(37)33-21-5-6-21)34-15-20(13-31-34)19-11-24-30-14-23(35(24)32-12-19)18-4-2-3-17(9-18)10-22(36)7-8-26(27,28)29/h2-4,9,11-16,21H,5-8,10H2,1H3,(H,33,37). The first-order valence-electron chi connectivity index (χ1n) is 12.0. The molecule has 0 bridgehead atoms. The smallest absolute Gasteiger partial charge is 0.352 e. The predicted octanol–water partition coefficient (Wildman–Crippen LogP) is 4.55. The molecular formula is C26H25F3N6O2. The van der Waals surface area contributed by atoms with E-state index in [9.17, 15) is 22.8 Å². The van der Waals surface area contributed by atoms with E-state index >= 15 is 0 Å². The Kier molecular flexibility index (Phi) is 6.53. The Bertz CT molecular complexity index is 1450. The predicted molar refractivity (Wildman–Crippen MR) is 130 cm³/mol. The second-order valence-corrected chi connectivity index (χ2v) is 9.36. The lowest BCUT2D eigenvalue weighted by atomic mass is 10.0. The zero-order valence-corrected chi connectivity index (χ0v) is 20.1. The van der Waals surface area contributed by atoms with E-state index in [0.29, 0.717) is 16.9 Å². The van der Waals surface area contributed by atoms with E-state index in [1.54, 1.807) is 59.1 Å². The normalized spacial score (nSPS) is 14.6. The minimum absolute atomic E-state index is 0.0621. The number of nitrogens with zero attached hydrogens (tertiary/aromatic N) is 5. The molecule has 1 fully saturated rings. The summed E-state index contributed by atoms with van der Waals surface area (Å²) in [6.07, 6.45) is 2.79. The summed E-state index contributed by atoms with van der Waals surface area (Å²) in [6.45, 7) is 1.80. The average Bonchev–Trinajstić information content (AvgIpc) is 3.37. The van der Waals surface area contributed by atoms with Crippen LogP contribution < -0.4 is 5.32 Å². The van der Waals surface area contributed by atoms with Crippen molar-refractivity contribution in [3.63, 3.8) is 0 Å². The fraction of sp³-hybridized carbons (Fsp3) is 0.346. The Labute approximate surface area is 210 Å². The molecule has 0 radical (unpaired) electrons. The molecule has 1 atom stereocenters. The number of alkyl halides is 3. The number of rotatable bonds is 9. The molecule has 1 amide bonds. The highest BCUT2D eigenvalue weighted by atomic mass is 19.4. The first-order valence-corrected chi connectivity index (χ1v) is 12.0. The third-order valence-corrected chi connectivity index (χ3v) is 6.31. The van der Waals surface area contributed by atoms with Gasteiger partial charge in [-0.15, -0.1) is 0 Å². The van der Waals surface area contributed by atoms with Crippen LogP contribution in [0.2, 0.25) is 0 Å². The van der Waals surface area contributed by atoms with Crippen LogP contribution >= 0.6 is 0 Å². The van der Waals surface area contributed by atoms with Crippen molar-refractivity contribution >= 4 is 17.3 Å². The number of imidazole rings is 1. The molecule has 1 N–H and O–H groups in total. The van der Waals surface area contributed by atoms with Crippen molar-refractivity contribution in [1.29, 1.82) is 0 Å². The number of hydrogen-bond donors (Lipinski definition) is 1. The molecule has 0 saturated heterocycles. The molecule has 1 aliphatic rings. The van der Waals surface area contributed by atoms with Gasteiger partial charge in [-0.25, -0.2) is 9.50 Å². The van der Waals surface area contributed by atoms with Crippen molar-refractivity contribution in [2.24, 2.45) is 0 Å². The summed E-state index contributed by atoms with van der Waals surface area (Å²) >= 11 is 0. The molecule has 4 aromatic rings. The van der Waals surface area contributed by atoms with E-state index in [1.165, 1.54) is 0 Å². The first kappa shape index (κ1) is 24.7. The summed E-state index contributed by atoms with van der Waals surface area (Å²) in [5, 5.41) is 11.8. The van der Waals surface area contributed by atoms with Gasteiger partial charge in [-0.05, 0) is 37.5 Å². The van der Waals surface area contributed by atoms with Crippen LogP contribution in [-0.4, -0.2) is 48.3 Å². The fourth-order valence-corrected chi connectivity index (χ4v) is 4.04. The zero-order chi connectivity index (χ0) is 26.2. The maximum atomic E-state index is 12.4. The van der Waals surface area contributed by atoms with Crippen LogP contribution in [-0.2, 0) is 16.0 Å². The number of benzene rings is 1. The van der Waals surface area contributed by atoms with E-state index in [1.807, 2.05) is 12.1 Å². The van der Waals surface area contributed by atoms with Gasteiger partial charge >= 0.3 is 6.18 Å². The van der Waals surface area contributed by atoms with Gasteiger partial charge in [0.2, 0.25) is 5.91 Å². The molecule has 3 heterocycles. The highest BCUT2D eigenvalue weighted by Crippen LogP contribution is 2.26. The maximum absolute atomic E-state index is 12.4. The van der Waals surface area contributed by atoms with Gasteiger partial charge in [0.15, 0.2) is 5.65 Å². The van der Waals surface area contributed by atoms with Gasteiger partial charge in [0, 0.05) is 41.8 Å². The molecule has 11 heteroatoms. The Balaban J connectivity index is 1.32. The van der Waals surface area contributed by atoms with E-state index in [4.69, 9.17) is 0 Å². The highest BCUT2D eigenvalue weighted by Gasteiger charge is 2.28. The maximum Gasteiger partial charge on any atom is 0.389 e. The lowest BCUT2D eigenvalue weighted by Crippen LogP contribution is -2.32. The number of fused-ring (bicyclic) bond motifs is 1. The Hall–Kier alpha value is -4.02. The van der Waals surface area contributed by atoms with Crippen molar-refractivity contribution in [1.82, 2.24) is 29.7 Å². The monoisotopic (exact) mass is 510 g/mol. The average molecular weight is 511 g/mol. The van der Waals surface area contributed by atoms with Crippen LogP contribution in [0.25, 0.3) is 28.0 Å².